The largest absolute Gasteiger partial charge is 0.387 e. The Labute approximate surface area is 130 Å². The van der Waals surface area contributed by atoms with E-state index in [4.69, 9.17) is 0 Å². The molecular formula is C17H22N2O3. The van der Waals surface area contributed by atoms with Crippen molar-refractivity contribution in [3.8, 4) is 0 Å². The topological polar surface area (TPSA) is 69.6 Å². The second kappa shape index (κ2) is 5.72. The molecule has 1 heterocycles. The number of aliphatic hydroxyl groups excluding tert-OH is 1. The number of imide groups is 1. The molecule has 1 aliphatic carbocycles. The third kappa shape index (κ3) is 2.39. The number of carbonyl (C=O) groups is 2. The van der Waals surface area contributed by atoms with Crippen LogP contribution in [0, 0.1) is 5.92 Å². The summed E-state index contributed by atoms with van der Waals surface area (Å²) in [5.41, 5.74) is -0.0492. The van der Waals surface area contributed by atoms with Crippen LogP contribution < -0.4 is 5.32 Å². The highest BCUT2D eigenvalue weighted by atomic mass is 16.3. The SMILES string of the molecule is C[C@@H]1CCCC[C@]12NC(=O)N(C[C@@H](O)c1ccccc1)C2=O. The number of β-amino-alcohol motifs (C(OH)–C–C–N with tert-alkyl or cyclic N) is 1. The first kappa shape index (κ1) is 15.0. The van der Waals surface area contributed by atoms with Crippen molar-refractivity contribution in [2.24, 2.45) is 5.92 Å². The molecule has 1 aromatic carbocycles. The van der Waals surface area contributed by atoms with Crippen LogP contribution in [0.2, 0.25) is 0 Å². The van der Waals surface area contributed by atoms with Crippen molar-refractivity contribution in [1.82, 2.24) is 10.2 Å². The smallest absolute Gasteiger partial charge is 0.325 e. The minimum absolute atomic E-state index is 0.00312. The summed E-state index contributed by atoms with van der Waals surface area (Å²) in [5, 5.41) is 13.2. The number of nitrogens with zero attached hydrogens (tertiary/aromatic N) is 1. The lowest BCUT2D eigenvalue weighted by Crippen LogP contribution is -2.54. The van der Waals surface area contributed by atoms with Crippen LogP contribution in [0.4, 0.5) is 4.79 Å². The van der Waals surface area contributed by atoms with E-state index in [1.807, 2.05) is 25.1 Å². The third-order valence-corrected chi connectivity index (χ3v) is 5.04. The fourth-order valence-corrected chi connectivity index (χ4v) is 3.61. The molecule has 2 fully saturated rings. The summed E-state index contributed by atoms with van der Waals surface area (Å²) in [5.74, 6) is -0.0451. The molecule has 22 heavy (non-hydrogen) atoms. The predicted octanol–water partition coefficient (Wildman–Crippen LogP) is 2.22. The van der Waals surface area contributed by atoms with Gasteiger partial charge in [0.2, 0.25) is 0 Å². The maximum atomic E-state index is 12.8. The molecule has 0 aromatic heterocycles. The molecule has 1 aromatic rings. The van der Waals surface area contributed by atoms with Crippen molar-refractivity contribution in [2.75, 3.05) is 6.54 Å². The highest BCUT2D eigenvalue weighted by Gasteiger charge is 2.55. The van der Waals surface area contributed by atoms with Crippen LogP contribution in [-0.2, 0) is 4.79 Å². The van der Waals surface area contributed by atoms with Crippen LogP contribution in [0.3, 0.4) is 0 Å². The van der Waals surface area contributed by atoms with E-state index in [9.17, 15) is 14.7 Å². The first-order chi connectivity index (χ1) is 10.5. The van der Waals surface area contributed by atoms with Gasteiger partial charge >= 0.3 is 6.03 Å². The van der Waals surface area contributed by atoms with Crippen molar-refractivity contribution < 1.29 is 14.7 Å². The van der Waals surface area contributed by atoms with Gasteiger partial charge in [0.1, 0.15) is 5.54 Å². The zero-order valence-corrected chi connectivity index (χ0v) is 12.8. The molecule has 5 nitrogen and oxygen atoms in total. The van der Waals surface area contributed by atoms with E-state index in [0.29, 0.717) is 12.0 Å². The Kier molecular flexibility index (Phi) is 3.91. The number of carbonyl (C=O) groups excluding carboxylic acids is 2. The van der Waals surface area contributed by atoms with Crippen LogP contribution in [0.15, 0.2) is 30.3 Å². The second-order valence-electron chi connectivity index (χ2n) is 6.39. The number of hydrogen-bond acceptors (Lipinski definition) is 3. The molecular weight excluding hydrogens is 280 g/mol. The molecule has 3 rings (SSSR count). The summed E-state index contributed by atoms with van der Waals surface area (Å²) in [4.78, 5) is 26.2. The molecule has 1 spiro atoms. The van der Waals surface area contributed by atoms with E-state index in [1.54, 1.807) is 12.1 Å². The molecule has 0 radical (unpaired) electrons. The maximum Gasteiger partial charge on any atom is 0.325 e. The zero-order valence-electron chi connectivity index (χ0n) is 12.8. The van der Waals surface area contributed by atoms with Crippen molar-refractivity contribution in [3.63, 3.8) is 0 Å². The zero-order chi connectivity index (χ0) is 15.7. The molecule has 1 saturated carbocycles. The molecule has 2 aliphatic rings. The first-order valence-electron chi connectivity index (χ1n) is 7.92. The molecule has 0 unspecified atom stereocenters. The number of hydrogen-bond donors (Lipinski definition) is 2. The fourth-order valence-electron chi connectivity index (χ4n) is 3.61. The third-order valence-electron chi connectivity index (χ3n) is 5.04. The summed E-state index contributed by atoms with van der Waals surface area (Å²) in [6.45, 7) is 2.03. The van der Waals surface area contributed by atoms with Gasteiger partial charge in [0.15, 0.2) is 0 Å². The van der Waals surface area contributed by atoms with E-state index >= 15 is 0 Å². The molecule has 1 aliphatic heterocycles. The Bertz CT molecular complexity index is 575. The van der Waals surface area contributed by atoms with E-state index in [-0.39, 0.29) is 24.4 Å². The minimum Gasteiger partial charge on any atom is -0.387 e. The Balaban J connectivity index is 1.77. The standard InChI is InChI=1S/C17H22N2O3/c1-12-7-5-6-10-17(12)15(21)19(16(22)18-17)11-14(20)13-8-3-2-4-9-13/h2-4,8-9,12,14,20H,5-7,10-11H2,1H3,(H,18,22)/t12-,14-,17+/m1/s1. The van der Waals surface area contributed by atoms with E-state index in [0.717, 1.165) is 19.3 Å². The fraction of sp³-hybridized carbons (Fsp3) is 0.529. The van der Waals surface area contributed by atoms with Gasteiger partial charge in [0.05, 0.1) is 12.6 Å². The Morgan fingerprint density at radius 1 is 1.32 bits per heavy atom. The lowest BCUT2D eigenvalue weighted by Gasteiger charge is -2.36. The van der Waals surface area contributed by atoms with Gasteiger partial charge in [-0.15, -0.1) is 0 Å². The quantitative estimate of drug-likeness (QED) is 0.841. The van der Waals surface area contributed by atoms with E-state index in [2.05, 4.69) is 5.32 Å². The van der Waals surface area contributed by atoms with Gasteiger partial charge < -0.3 is 10.4 Å². The van der Waals surface area contributed by atoms with Gasteiger partial charge in [-0.1, -0.05) is 50.1 Å². The molecule has 3 amide bonds. The van der Waals surface area contributed by atoms with Gasteiger partial charge in [0, 0.05) is 0 Å². The van der Waals surface area contributed by atoms with Gasteiger partial charge in [0.25, 0.3) is 5.91 Å². The number of benzene rings is 1. The molecule has 3 atom stereocenters. The van der Waals surface area contributed by atoms with E-state index in [1.165, 1.54) is 4.90 Å². The molecule has 2 N–H and O–H groups in total. The number of rotatable bonds is 3. The average Bonchev–Trinajstić information content (AvgIpc) is 2.76. The van der Waals surface area contributed by atoms with Crippen LogP contribution in [0.1, 0.15) is 44.3 Å². The van der Waals surface area contributed by atoms with Gasteiger partial charge in [-0.2, -0.15) is 0 Å². The van der Waals surface area contributed by atoms with Crippen molar-refractivity contribution in [3.05, 3.63) is 35.9 Å². The lowest BCUT2D eigenvalue weighted by molar-refractivity contribution is -0.135. The number of urea groups is 1. The van der Waals surface area contributed by atoms with Crippen molar-refractivity contribution in [1.29, 1.82) is 0 Å². The highest BCUT2D eigenvalue weighted by molar-refractivity contribution is 6.07. The highest BCUT2D eigenvalue weighted by Crippen LogP contribution is 2.38. The number of amides is 3. The second-order valence-corrected chi connectivity index (χ2v) is 6.39. The summed E-state index contributed by atoms with van der Waals surface area (Å²) in [6, 6.07) is 8.73. The van der Waals surface area contributed by atoms with Gasteiger partial charge in [-0.05, 0) is 24.3 Å². The Hall–Kier alpha value is -1.88. The molecule has 0 bridgehead atoms. The number of aliphatic hydroxyl groups is 1. The summed E-state index contributed by atoms with van der Waals surface area (Å²) in [7, 11) is 0. The molecule has 5 heteroatoms. The van der Waals surface area contributed by atoms with Crippen LogP contribution in [0.5, 0.6) is 0 Å². The van der Waals surface area contributed by atoms with Crippen molar-refractivity contribution in [2.45, 2.75) is 44.2 Å². The Morgan fingerprint density at radius 2 is 2.05 bits per heavy atom. The van der Waals surface area contributed by atoms with Crippen molar-refractivity contribution >= 4 is 11.9 Å². The first-order valence-corrected chi connectivity index (χ1v) is 7.92. The average molecular weight is 302 g/mol. The van der Waals surface area contributed by atoms with Crippen LogP contribution in [0.25, 0.3) is 0 Å². The van der Waals surface area contributed by atoms with Gasteiger partial charge in [-0.25, -0.2) is 4.79 Å². The molecule has 118 valence electrons. The minimum atomic E-state index is -0.857. The monoisotopic (exact) mass is 302 g/mol. The number of nitrogens with one attached hydrogen (secondary N) is 1. The van der Waals surface area contributed by atoms with Crippen LogP contribution >= 0.6 is 0 Å². The maximum absolute atomic E-state index is 12.8. The Morgan fingerprint density at radius 3 is 2.73 bits per heavy atom. The van der Waals surface area contributed by atoms with Gasteiger partial charge in [-0.3, -0.25) is 9.69 Å². The summed E-state index contributed by atoms with van der Waals surface area (Å²) >= 11 is 0. The summed E-state index contributed by atoms with van der Waals surface area (Å²) in [6.07, 6.45) is 2.83. The molecule has 1 saturated heterocycles. The van der Waals surface area contributed by atoms with Crippen LogP contribution in [-0.4, -0.2) is 34.0 Å². The van der Waals surface area contributed by atoms with E-state index < -0.39 is 11.6 Å². The normalized spacial score (nSPS) is 29.7. The predicted molar refractivity (Wildman–Crippen MR) is 82.0 cm³/mol. The lowest BCUT2D eigenvalue weighted by atomic mass is 9.73. The summed E-state index contributed by atoms with van der Waals surface area (Å²) < 4.78 is 0.